The van der Waals surface area contributed by atoms with Crippen molar-refractivity contribution in [3.63, 3.8) is 0 Å². The summed E-state index contributed by atoms with van der Waals surface area (Å²) in [5.74, 6) is 0.145. The van der Waals surface area contributed by atoms with Gasteiger partial charge in [0, 0.05) is 25.1 Å². The summed E-state index contributed by atoms with van der Waals surface area (Å²) in [4.78, 5) is 14.1. The standard InChI is InChI=1S/C17H20N2O3/c1-12-2-4-13(5-3-12)10-14-11-19(9-7-15(14)20)17(21)16-6-8-18-22-16/h2-6,8,14-15,20H,7,9-11H2,1H3/t14-,15+/m1/s1. The molecule has 0 aliphatic carbocycles. The van der Waals surface area contributed by atoms with Crippen LogP contribution in [-0.2, 0) is 6.42 Å². The van der Waals surface area contributed by atoms with Crippen LogP contribution in [0.3, 0.4) is 0 Å². The normalized spacial score (nSPS) is 21.8. The first kappa shape index (κ1) is 14.8. The molecule has 22 heavy (non-hydrogen) atoms. The molecule has 1 aromatic carbocycles. The third-order valence-electron chi connectivity index (χ3n) is 4.25. The van der Waals surface area contributed by atoms with Gasteiger partial charge in [0.1, 0.15) is 0 Å². The number of piperidine rings is 1. The summed E-state index contributed by atoms with van der Waals surface area (Å²) in [6, 6.07) is 9.88. The van der Waals surface area contributed by atoms with Crippen LogP contribution < -0.4 is 0 Å². The number of nitrogens with zero attached hydrogens (tertiary/aromatic N) is 2. The zero-order valence-electron chi connectivity index (χ0n) is 12.6. The highest BCUT2D eigenvalue weighted by Gasteiger charge is 2.31. The van der Waals surface area contributed by atoms with Gasteiger partial charge in [0.25, 0.3) is 5.91 Å². The highest BCUT2D eigenvalue weighted by Crippen LogP contribution is 2.23. The lowest BCUT2D eigenvalue weighted by Gasteiger charge is -2.35. The quantitative estimate of drug-likeness (QED) is 0.942. The van der Waals surface area contributed by atoms with Gasteiger partial charge in [-0.15, -0.1) is 0 Å². The Bertz CT molecular complexity index is 622. The Labute approximate surface area is 129 Å². The molecule has 5 nitrogen and oxygen atoms in total. The fourth-order valence-electron chi connectivity index (χ4n) is 2.91. The second-order valence-corrected chi connectivity index (χ2v) is 5.93. The molecule has 2 atom stereocenters. The van der Waals surface area contributed by atoms with Crippen LogP contribution in [0.1, 0.15) is 28.1 Å². The molecule has 0 radical (unpaired) electrons. The number of likely N-dealkylation sites (tertiary alicyclic amines) is 1. The van der Waals surface area contributed by atoms with E-state index in [1.807, 2.05) is 0 Å². The van der Waals surface area contributed by atoms with E-state index in [4.69, 9.17) is 4.52 Å². The first-order valence-corrected chi connectivity index (χ1v) is 7.57. The molecule has 1 aliphatic heterocycles. The van der Waals surface area contributed by atoms with Crippen LogP contribution in [0.15, 0.2) is 41.1 Å². The van der Waals surface area contributed by atoms with E-state index in [2.05, 4.69) is 36.3 Å². The van der Waals surface area contributed by atoms with Gasteiger partial charge in [-0.2, -0.15) is 0 Å². The van der Waals surface area contributed by atoms with Crippen LogP contribution in [0.25, 0.3) is 0 Å². The van der Waals surface area contributed by atoms with E-state index in [-0.39, 0.29) is 23.7 Å². The van der Waals surface area contributed by atoms with E-state index in [1.54, 1.807) is 11.0 Å². The Kier molecular flexibility index (Phi) is 4.24. The molecule has 1 aromatic heterocycles. The number of amides is 1. The molecule has 2 aromatic rings. The SMILES string of the molecule is Cc1ccc(C[C@@H]2CN(C(=O)c3ccno3)CC[C@@H]2O)cc1. The molecule has 5 heteroatoms. The topological polar surface area (TPSA) is 66.6 Å². The van der Waals surface area contributed by atoms with Crippen LogP contribution in [0.2, 0.25) is 0 Å². The van der Waals surface area contributed by atoms with Gasteiger partial charge in [-0.25, -0.2) is 0 Å². The largest absolute Gasteiger partial charge is 0.393 e. The fourth-order valence-corrected chi connectivity index (χ4v) is 2.91. The number of hydrogen-bond acceptors (Lipinski definition) is 4. The van der Waals surface area contributed by atoms with Gasteiger partial charge >= 0.3 is 0 Å². The number of carbonyl (C=O) groups excluding carboxylic acids is 1. The average molecular weight is 300 g/mol. The maximum absolute atomic E-state index is 12.3. The predicted molar refractivity (Wildman–Crippen MR) is 81.4 cm³/mol. The van der Waals surface area contributed by atoms with E-state index in [1.165, 1.54) is 17.3 Å². The van der Waals surface area contributed by atoms with Gasteiger partial charge in [0.05, 0.1) is 12.3 Å². The molecule has 1 amide bonds. The van der Waals surface area contributed by atoms with Crippen molar-refractivity contribution >= 4 is 5.91 Å². The van der Waals surface area contributed by atoms with Crippen LogP contribution in [0.4, 0.5) is 0 Å². The second kappa shape index (κ2) is 6.32. The van der Waals surface area contributed by atoms with Gasteiger partial charge in [-0.3, -0.25) is 4.79 Å². The van der Waals surface area contributed by atoms with E-state index in [9.17, 15) is 9.90 Å². The molecule has 0 bridgehead atoms. The van der Waals surface area contributed by atoms with Crippen molar-refractivity contribution < 1.29 is 14.4 Å². The van der Waals surface area contributed by atoms with Crippen LogP contribution in [0, 0.1) is 12.8 Å². The number of aliphatic hydroxyl groups excluding tert-OH is 1. The maximum Gasteiger partial charge on any atom is 0.292 e. The van der Waals surface area contributed by atoms with E-state index in [0.717, 1.165) is 6.42 Å². The number of aryl methyl sites for hydroxylation is 1. The number of hydrogen-bond donors (Lipinski definition) is 1. The van der Waals surface area contributed by atoms with Crippen molar-refractivity contribution in [1.82, 2.24) is 10.1 Å². The molecular formula is C17H20N2O3. The Morgan fingerprint density at radius 1 is 1.36 bits per heavy atom. The van der Waals surface area contributed by atoms with Gasteiger partial charge in [0.2, 0.25) is 5.76 Å². The van der Waals surface area contributed by atoms with Gasteiger partial charge in [-0.05, 0) is 25.3 Å². The summed E-state index contributed by atoms with van der Waals surface area (Å²) in [6.07, 6.45) is 2.45. The summed E-state index contributed by atoms with van der Waals surface area (Å²) in [5, 5.41) is 13.8. The minimum Gasteiger partial charge on any atom is -0.393 e. The molecule has 0 saturated carbocycles. The van der Waals surface area contributed by atoms with Crippen molar-refractivity contribution in [2.45, 2.75) is 25.9 Å². The molecule has 1 N–H and O–H groups in total. The smallest absolute Gasteiger partial charge is 0.292 e. The molecule has 1 aliphatic rings. The lowest BCUT2D eigenvalue weighted by molar-refractivity contribution is 0.0220. The molecule has 2 heterocycles. The van der Waals surface area contributed by atoms with Gasteiger partial charge in [0.15, 0.2) is 0 Å². The van der Waals surface area contributed by atoms with Crippen LogP contribution in [-0.4, -0.2) is 40.3 Å². The van der Waals surface area contributed by atoms with Crippen molar-refractivity contribution in [3.8, 4) is 0 Å². The lowest BCUT2D eigenvalue weighted by Crippen LogP contribution is -2.46. The maximum atomic E-state index is 12.3. The minimum absolute atomic E-state index is 0.0447. The molecule has 1 saturated heterocycles. The second-order valence-electron chi connectivity index (χ2n) is 5.93. The third-order valence-corrected chi connectivity index (χ3v) is 4.25. The monoisotopic (exact) mass is 300 g/mol. The number of aromatic nitrogens is 1. The zero-order valence-corrected chi connectivity index (χ0v) is 12.6. The van der Waals surface area contributed by atoms with E-state index >= 15 is 0 Å². The van der Waals surface area contributed by atoms with Crippen molar-refractivity contribution in [1.29, 1.82) is 0 Å². The molecular weight excluding hydrogens is 280 g/mol. The van der Waals surface area contributed by atoms with E-state index in [0.29, 0.717) is 19.5 Å². The third kappa shape index (κ3) is 3.20. The molecule has 116 valence electrons. The lowest BCUT2D eigenvalue weighted by atomic mass is 9.88. The van der Waals surface area contributed by atoms with Crippen molar-refractivity contribution in [2.24, 2.45) is 5.92 Å². The molecule has 0 unspecified atom stereocenters. The highest BCUT2D eigenvalue weighted by atomic mass is 16.5. The van der Waals surface area contributed by atoms with E-state index < -0.39 is 0 Å². The Hall–Kier alpha value is -2.14. The highest BCUT2D eigenvalue weighted by molar-refractivity contribution is 5.91. The number of aliphatic hydroxyl groups is 1. The first-order valence-electron chi connectivity index (χ1n) is 7.57. The Morgan fingerprint density at radius 3 is 2.82 bits per heavy atom. The van der Waals surface area contributed by atoms with Gasteiger partial charge in [-0.1, -0.05) is 35.0 Å². The summed E-state index contributed by atoms with van der Waals surface area (Å²) in [5.41, 5.74) is 2.40. The van der Waals surface area contributed by atoms with Crippen molar-refractivity contribution in [2.75, 3.05) is 13.1 Å². The molecule has 3 rings (SSSR count). The van der Waals surface area contributed by atoms with Gasteiger partial charge < -0.3 is 14.5 Å². The average Bonchev–Trinajstić information content (AvgIpc) is 3.05. The molecule has 0 spiro atoms. The number of benzene rings is 1. The summed E-state index contributed by atoms with van der Waals surface area (Å²) < 4.78 is 4.94. The number of carbonyl (C=O) groups is 1. The predicted octanol–water partition coefficient (Wildman–Crippen LogP) is 2.05. The summed E-state index contributed by atoms with van der Waals surface area (Å²) >= 11 is 0. The van der Waals surface area contributed by atoms with Crippen LogP contribution >= 0.6 is 0 Å². The Balaban J connectivity index is 1.68. The zero-order chi connectivity index (χ0) is 15.5. The number of rotatable bonds is 3. The summed E-state index contributed by atoms with van der Waals surface area (Å²) in [6.45, 7) is 3.14. The van der Waals surface area contributed by atoms with Crippen molar-refractivity contribution in [3.05, 3.63) is 53.4 Å². The molecule has 1 fully saturated rings. The summed E-state index contributed by atoms with van der Waals surface area (Å²) in [7, 11) is 0. The first-order chi connectivity index (χ1) is 10.6. The fraction of sp³-hybridized carbons (Fsp3) is 0.412. The van der Waals surface area contributed by atoms with Crippen LogP contribution in [0.5, 0.6) is 0 Å². The Morgan fingerprint density at radius 2 is 2.14 bits per heavy atom. The minimum atomic E-state index is -0.375.